The van der Waals surface area contributed by atoms with E-state index in [0.29, 0.717) is 56.0 Å². The summed E-state index contributed by atoms with van der Waals surface area (Å²) in [5.74, 6) is 0. The Bertz CT molecular complexity index is 1730. The van der Waals surface area contributed by atoms with Crippen LogP contribution in [0.25, 0.3) is 43.9 Å². The van der Waals surface area contributed by atoms with E-state index in [4.69, 9.17) is 8.83 Å². The molecule has 0 unspecified atom stereocenters. The zero-order chi connectivity index (χ0) is 24.9. The van der Waals surface area contributed by atoms with Crippen LogP contribution in [0.15, 0.2) is 73.0 Å². The zero-order valence-electron chi connectivity index (χ0n) is 21.0. The van der Waals surface area contributed by atoms with E-state index in [9.17, 15) is 9.59 Å². The van der Waals surface area contributed by atoms with Gasteiger partial charge in [-0.2, -0.15) is 0 Å². The number of para-hydroxylation sites is 2. The molecule has 2 heterocycles. The monoisotopic (exact) mass is 493 g/mol. The lowest BCUT2D eigenvalue weighted by molar-refractivity contribution is 0.339. The number of anilines is 1. The molecule has 2 aliphatic carbocycles. The van der Waals surface area contributed by atoms with Crippen LogP contribution in [0.1, 0.15) is 64.2 Å². The van der Waals surface area contributed by atoms with E-state index < -0.39 is 0 Å². The highest BCUT2D eigenvalue weighted by molar-refractivity contribution is 6.02. The molecule has 5 aromatic rings. The second kappa shape index (κ2) is 9.05. The summed E-state index contributed by atoms with van der Waals surface area (Å²) in [5, 5.41) is 1.91. The van der Waals surface area contributed by atoms with Crippen molar-refractivity contribution < 1.29 is 8.83 Å². The van der Waals surface area contributed by atoms with E-state index in [0.717, 1.165) is 5.69 Å². The lowest BCUT2D eigenvalue weighted by Crippen LogP contribution is -2.45. The van der Waals surface area contributed by atoms with Crippen molar-refractivity contribution in [1.29, 1.82) is 0 Å². The third-order valence-electron chi connectivity index (χ3n) is 8.59. The van der Waals surface area contributed by atoms with Crippen LogP contribution in [0.4, 0.5) is 5.69 Å². The first kappa shape index (κ1) is 22.6. The van der Waals surface area contributed by atoms with Crippen LogP contribution in [-0.2, 0) is 0 Å². The van der Waals surface area contributed by atoms with Crippen molar-refractivity contribution in [3.63, 3.8) is 0 Å². The largest absolute Gasteiger partial charge is 0.456 e. The molecule has 2 aliphatic rings. The molecule has 0 bridgehead atoms. The maximum absolute atomic E-state index is 13.8. The van der Waals surface area contributed by atoms with Gasteiger partial charge in [0.15, 0.2) is 5.58 Å². The fourth-order valence-corrected chi connectivity index (χ4v) is 6.77. The summed E-state index contributed by atoms with van der Waals surface area (Å²) in [6.45, 7) is 0. The summed E-state index contributed by atoms with van der Waals surface area (Å²) in [6, 6.07) is 17.5. The van der Waals surface area contributed by atoms with Gasteiger partial charge in [0.25, 0.3) is 0 Å². The summed E-state index contributed by atoms with van der Waals surface area (Å²) in [4.78, 5) is 29.6. The Morgan fingerprint density at radius 3 is 1.86 bits per heavy atom. The second-order valence-electron chi connectivity index (χ2n) is 10.8. The molecule has 188 valence electrons. The van der Waals surface area contributed by atoms with Gasteiger partial charge < -0.3 is 13.7 Å². The van der Waals surface area contributed by atoms with E-state index in [1.165, 1.54) is 64.2 Å². The summed E-state index contributed by atoms with van der Waals surface area (Å²) in [5.41, 5.74) is 2.89. The van der Waals surface area contributed by atoms with Crippen molar-refractivity contribution in [1.82, 2.24) is 0 Å². The Morgan fingerprint density at radius 2 is 1.16 bits per heavy atom. The van der Waals surface area contributed by atoms with Crippen LogP contribution in [0.5, 0.6) is 0 Å². The summed E-state index contributed by atoms with van der Waals surface area (Å²) < 4.78 is 12.7. The third kappa shape index (κ3) is 3.75. The molecule has 2 saturated carbocycles. The van der Waals surface area contributed by atoms with Crippen molar-refractivity contribution in [3.05, 3.63) is 75.0 Å². The second-order valence-corrected chi connectivity index (χ2v) is 10.8. The Morgan fingerprint density at radius 1 is 0.568 bits per heavy atom. The van der Waals surface area contributed by atoms with Crippen LogP contribution in [0, 0.1) is 0 Å². The Labute approximate surface area is 214 Å². The molecule has 0 aliphatic heterocycles. The average Bonchev–Trinajstić information content (AvgIpc) is 2.94. The lowest BCUT2D eigenvalue weighted by atomic mass is 9.88. The molecule has 2 fully saturated rings. The van der Waals surface area contributed by atoms with Gasteiger partial charge in [0.05, 0.1) is 27.2 Å². The molecule has 0 radical (unpaired) electrons. The molecule has 5 nitrogen and oxygen atoms in total. The first-order valence-electron chi connectivity index (χ1n) is 13.8. The van der Waals surface area contributed by atoms with E-state index in [1.807, 2.05) is 24.3 Å². The number of hydrogen-bond donors (Lipinski definition) is 0. The topological polar surface area (TPSA) is 63.7 Å². The maximum atomic E-state index is 13.8. The molecule has 0 spiro atoms. The normalized spacial score (nSPS) is 17.7. The predicted octanol–water partition coefficient (Wildman–Crippen LogP) is 7.68. The summed E-state index contributed by atoms with van der Waals surface area (Å²) in [6.07, 6.45) is 12.4. The quantitative estimate of drug-likeness (QED) is 0.241. The van der Waals surface area contributed by atoms with Crippen LogP contribution in [0.3, 0.4) is 0 Å². The Balaban J connectivity index is 1.47. The number of nitrogens with zero attached hydrogens (tertiary/aromatic N) is 1. The SMILES string of the molecule is O=c1c2ccccc2oc2cc3oc4c(N(C5CCCCC5)C5CCCCC5)cccc4c(=O)c3cc12. The number of hydrogen-bond acceptors (Lipinski definition) is 5. The molecule has 7 rings (SSSR count). The van der Waals surface area contributed by atoms with Crippen LogP contribution >= 0.6 is 0 Å². The van der Waals surface area contributed by atoms with E-state index >= 15 is 0 Å². The summed E-state index contributed by atoms with van der Waals surface area (Å²) >= 11 is 0. The van der Waals surface area contributed by atoms with Gasteiger partial charge in [-0.15, -0.1) is 0 Å². The Hall–Kier alpha value is -3.60. The van der Waals surface area contributed by atoms with Crippen molar-refractivity contribution in [2.24, 2.45) is 0 Å². The minimum absolute atomic E-state index is 0.0974. The highest BCUT2D eigenvalue weighted by Gasteiger charge is 2.31. The molecule has 2 aromatic heterocycles. The van der Waals surface area contributed by atoms with Crippen molar-refractivity contribution in [3.8, 4) is 0 Å². The van der Waals surface area contributed by atoms with Crippen molar-refractivity contribution in [2.75, 3.05) is 4.90 Å². The van der Waals surface area contributed by atoms with Gasteiger partial charge in [-0.3, -0.25) is 9.59 Å². The maximum Gasteiger partial charge on any atom is 0.200 e. The van der Waals surface area contributed by atoms with Crippen LogP contribution < -0.4 is 15.8 Å². The first-order chi connectivity index (χ1) is 18.2. The third-order valence-corrected chi connectivity index (χ3v) is 8.59. The molecule has 5 heteroatoms. The lowest BCUT2D eigenvalue weighted by Gasteiger charge is -2.43. The molecule has 0 N–H and O–H groups in total. The van der Waals surface area contributed by atoms with Crippen LogP contribution in [-0.4, -0.2) is 12.1 Å². The molecule has 3 aromatic carbocycles. The van der Waals surface area contributed by atoms with E-state index in [-0.39, 0.29) is 10.9 Å². The molecular weight excluding hydrogens is 462 g/mol. The van der Waals surface area contributed by atoms with Gasteiger partial charge in [-0.25, -0.2) is 0 Å². The van der Waals surface area contributed by atoms with Gasteiger partial charge in [0, 0.05) is 18.2 Å². The minimum atomic E-state index is -0.132. The predicted molar refractivity (Wildman–Crippen MR) is 150 cm³/mol. The molecule has 37 heavy (non-hydrogen) atoms. The number of fused-ring (bicyclic) bond motifs is 4. The highest BCUT2D eigenvalue weighted by atomic mass is 16.3. The smallest absolute Gasteiger partial charge is 0.200 e. The van der Waals surface area contributed by atoms with E-state index in [1.54, 1.807) is 24.3 Å². The zero-order valence-corrected chi connectivity index (χ0v) is 21.0. The number of benzene rings is 3. The van der Waals surface area contributed by atoms with Gasteiger partial charge in [0.2, 0.25) is 10.9 Å². The minimum Gasteiger partial charge on any atom is -0.456 e. The fraction of sp³-hybridized carbons (Fsp3) is 0.375. The van der Waals surface area contributed by atoms with Crippen molar-refractivity contribution >= 4 is 49.6 Å². The molecular formula is C32H31NO4. The van der Waals surface area contributed by atoms with E-state index in [2.05, 4.69) is 11.0 Å². The Kier molecular flexibility index (Phi) is 5.53. The average molecular weight is 494 g/mol. The van der Waals surface area contributed by atoms with Gasteiger partial charge in [-0.05, 0) is 56.0 Å². The summed E-state index contributed by atoms with van der Waals surface area (Å²) in [7, 11) is 0. The highest BCUT2D eigenvalue weighted by Crippen LogP contribution is 2.38. The number of rotatable bonds is 3. The fourth-order valence-electron chi connectivity index (χ4n) is 6.77. The molecule has 0 saturated heterocycles. The van der Waals surface area contributed by atoms with Gasteiger partial charge >= 0.3 is 0 Å². The van der Waals surface area contributed by atoms with Gasteiger partial charge in [-0.1, -0.05) is 56.7 Å². The standard InChI is InChI=1S/C32H31NO4/c34-30-22-14-7-8-17-27(22)36-28-19-29-25(18-24(28)30)31(35)23-15-9-16-26(32(23)37-29)33(20-10-3-1-4-11-20)21-12-5-2-6-13-21/h7-9,14-21H,1-6,10-13H2. The van der Waals surface area contributed by atoms with Gasteiger partial charge in [0.1, 0.15) is 16.7 Å². The van der Waals surface area contributed by atoms with Crippen molar-refractivity contribution in [2.45, 2.75) is 76.3 Å². The molecule has 0 atom stereocenters. The molecule has 0 amide bonds. The first-order valence-corrected chi connectivity index (χ1v) is 13.8. The van der Waals surface area contributed by atoms with Crippen LogP contribution in [0.2, 0.25) is 0 Å².